The normalized spacial score (nSPS) is 12.7. The Labute approximate surface area is 196 Å². The molecule has 0 saturated carbocycles. The van der Waals surface area contributed by atoms with E-state index in [-0.39, 0.29) is 18.1 Å². The maximum atomic E-state index is 12.3. The number of amides is 1. The third kappa shape index (κ3) is 4.11. The first kappa shape index (κ1) is 21.0. The molecule has 0 radical (unpaired) electrons. The van der Waals surface area contributed by atoms with E-state index in [0.717, 1.165) is 41.3 Å². The fourth-order valence-electron chi connectivity index (χ4n) is 3.81. The van der Waals surface area contributed by atoms with Gasteiger partial charge in [-0.15, -0.1) is 11.3 Å². The Morgan fingerprint density at radius 1 is 1.16 bits per heavy atom. The van der Waals surface area contributed by atoms with E-state index in [1.807, 2.05) is 6.07 Å². The molecule has 1 N–H and O–H groups in total. The molecular formula is C23H16Cl2N2O4S. The van der Waals surface area contributed by atoms with Gasteiger partial charge >= 0.3 is 5.63 Å². The lowest BCUT2D eigenvalue weighted by atomic mass is 10.1. The van der Waals surface area contributed by atoms with Crippen LogP contribution in [0.3, 0.4) is 0 Å². The number of hydrogen-bond donors (Lipinski definition) is 1. The van der Waals surface area contributed by atoms with E-state index in [0.29, 0.717) is 32.2 Å². The van der Waals surface area contributed by atoms with Gasteiger partial charge in [0.25, 0.3) is 5.91 Å². The van der Waals surface area contributed by atoms with Gasteiger partial charge in [0.1, 0.15) is 11.3 Å². The molecule has 6 nitrogen and oxygen atoms in total. The smallest absolute Gasteiger partial charge is 0.339 e. The number of nitrogens with one attached hydrogen (secondary N) is 1. The summed E-state index contributed by atoms with van der Waals surface area (Å²) < 4.78 is 11.0. The van der Waals surface area contributed by atoms with Crippen LogP contribution in [0.1, 0.15) is 17.5 Å². The largest absolute Gasteiger partial charge is 0.484 e. The van der Waals surface area contributed by atoms with Gasteiger partial charge in [-0.05, 0) is 55.2 Å². The summed E-state index contributed by atoms with van der Waals surface area (Å²) in [5, 5.41) is 6.89. The maximum Gasteiger partial charge on any atom is 0.339 e. The van der Waals surface area contributed by atoms with Crippen molar-refractivity contribution in [1.29, 1.82) is 0 Å². The first-order valence-electron chi connectivity index (χ1n) is 9.90. The van der Waals surface area contributed by atoms with Gasteiger partial charge in [0.2, 0.25) is 0 Å². The molecule has 0 fully saturated rings. The zero-order chi connectivity index (χ0) is 22.2. The second-order valence-electron chi connectivity index (χ2n) is 7.36. The molecule has 1 amide bonds. The van der Waals surface area contributed by atoms with Gasteiger partial charge in [-0.25, -0.2) is 9.78 Å². The second-order valence-corrected chi connectivity index (χ2v) is 9.06. The molecule has 5 rings (SSSR count). The van der Waals surface area contributed by atoms with Gasteiger partial charge in [0.15, 0.2) is 11.7 Å². The third-order valence-corrected chi connectivity index (χ3v) is 6.58. The molecule has 0 aliphatic heterocycles. The number of carbonyl (C=O) groups is 1. The van der Waals surface area contributed by atoms with Crippen LogP contribution >= 0.6 is 34.5 Å². The molecule has 2 aromatic carbocycles. The molecule has 4 aromatic rings. The Bertz CT molecular complexity index is 1410. The number of fused-ring (bicyclic) bond motifs is 3. The lowest BCUT2D eigenvalue weighted by Gasteiger charge is -2.08. The number of anilines is 1. The van der Waals surface area contributed by atoms with Crippen LogP contribution in [-0.2, 0) is 17.6 Å². The Kier molecular flexibility index (Phi) is 5.63. The molecule has 0 bridgehead atoms. The summed E-state index contributed by atoms with van der Waals surface area (Å²) in [5.41, 5.74) is 3.38. The highest BCUT2D eigenvalue weighted by atomic mass is 35.5. The number of benzene rings is 2. The molecule has 0 unspecified atom stereocenters. The van der Waals surface area contributed by atoms with Crippen LogP contribution in [0.25, 0.3) is 22.2 Å². The van der Waals surface area contributed by atoms with Gasteiger partial charge < -0.3 is 9.15 Å². The molecular weight excluding hydrogens is 471 g/mol. The molecule has 1 aliphatic carbocycles. The number of nitrogens with zero attached hydrogens (tertiary/aromatic N) is 1. The number of halogens is 2. The van der Waals surface area contributed by atoms with Crippen molar-refractivity contribution in [2.24, 2.45) is 0 Å². The highest BCUT2D eigenvalue weighted by Crippen LogP contribution is 2.32. The van der Waals surface area contributed by atoms with Crippen molar-refractivity contribution in [3.05, 3.63) is 73.4 Å². The van der Waals surface area contributed by atoms with Crippen LogP contribution in [0, 0.1) is 0 Å². The molecule has 9 heteroatoms. The van der Waals surface area contributed by atoms with Gasteiger partial charge in [0.05, 0.1) is 10.7 Å². The average Bonchev–Trinajstić information content (AvgIpc) is 3.42. The number of carbonyl (C=O) groups excluding carboxylic acids is 1. The Balaban J connectivity index is 1.25. The summed E-state index contributed by atoms with van der Waals surface area (Å²) in [5.74, 6) is 0.0881. The standard InChI is InChI=1S/C23H16Cl2N2O4S/c24-12-4-6-17(18(25)8-12)19-11-32-23(26-19)27-21(28)10-30-13-5-7-15-14-2-1-3-16(14)22(29)31-20(15)9-13/h4-9,11H,1-3,10H2,(H,26,27,28). The third-order valence-electron chi connectivity index (χ3n) is 5.27. The van der Waals surface area contributed by atoms with Crippen molar-refractivity contribution in [2.75, 3.05) is 11.9 Å². The van der Waals surface area contributed by atoms with Crippen molar-refractivity contribution < 1.29 is 13.9 Å². The van der Waals surface area contributed by atoms with E-state index >= 15 is 0 Å². The van der Waals surface area contributed by atoms with Crippen molar-refractivity contribution in [3.63, 3.8) is 0 Å². The first-order chi connectivity index (χ1) is 15.5. The van der Waals surface area contributed by atoms with Crippen molar-refractivity contribution >= 4 is 56.5 Å². The van der Waals surface area contributed by atoms with E-state index in [4.69, 9.17) is 32.4 Å². The average molecular weight is 487 g/mol. The lowest BCUT2D eigenvalue weighted by molar-refractivity contribution is -0.118. The number of hydrogen-bond acceptors (Lipinski definition) is 6. The summed E-state index contributed by atoms with van der Waals surface area (Å²) in [6.07, 6.45) is 2.59. The maximum absolute atomic E-state index is 12.3. The molecule has 2 aromatic heterocycles. The minimum absolute atomic E-state index is 0.211. The quantitative estimate of drug-likeness (QED) is 0.364. The fraction of sp³-hybridized carbons (Fsp3) is 0.174. The minimum atomic E-state index is -0.358. The molecule has 0 saturated heterocycles. The zero-order valence-electron chi connectivity index (χ0n) is 16.6. The topological polar surface area (TPSA) is 81.4 Å². The molecule has 2 heterocycles. The monoisotopic (exact) mass is 486 g/mol. The number of aromatic nitrogens is 1. The van der Waals surface area contributed by atoms with E-state index in [2.05, 4.69) is 10.3 Å². The van der Waals surface area contributed by atoms with E-state index in [1.165, 1.54) is 11.3 Å². The van der Waals surface area contributed by atoms with Crippen molar-refractivity contribution in [1.82, 2.24) is 4.98 Å². The highest BCUT2D eigenvalue weighted by molar-refractivity contribution is 7.14. The van der Waals surface area contributed by atoms with Crippen LogP contribution < -0.4 is 15.7 Å². The highest BCUT2D eigenvalue weighted by Gasteiger charge is 2.20. The van der Waals surface area contributed by atoms with Gasteiger partial charge in [-0.2, -0.15) is 0 Å². The SMILES string of the molecule is O=C(COc1ccc2c3c(c(=O)oc2c1)CCC3)Nc1nc(-c2ccc(Cl)cc2Cl)cs1. The number of aryl methyl sites for hydroxylation is 1. The fourth-order valence-corrected chi connectivity index (χ4v) is 5.04. The predicted octanol–water partition coefficient (Wildman–Crippen LogP) is 5.73. The van der Waals surface area contributed by atoms with Crippen molar-refractivity contribution in [2.45, 2.75) is 19.3 Å². The summed E-state index contributed by atoms with van der Waals surface area (Å²) >= 11 is 13.4. The minimum Gasteiger partial charge on any atom is -0.484 e. The summed E-state index contributed by atoms with van der Waals surface area (Å²) in [6.45, 7) is -0.211. The Morgan fingerprint density at radius 2 is 2.00 bits per heavy atom. The number of thiazole rings is 1. The van der Waals surface area contributed by atoms with Crippen LogP contribution in [0.2, 0.25) is 10.0 Å². The second kappa shape index (κ2) is 8.58. The summed E-state index contributed by atoms with van der Waals surface area (Å²) in [7, 11) is 0. The van der Waals surface area contributed by atoms with E-state index in [1.54, 1.807) is 35.7 Å². The molecule has 0 atom stereocenters. The summed E-state index contributed by atoms with van der Waals surface area (Å²) in [6, 6.07) is 10.4. The van der Waals surface area contributed by atoms with Gasteiger partial charge in [-0.3, -0.25) is 10.1 Å². The first-order valence-corrected chi connectivity index (χ1v) is 11.5. The lowest BCUT2D eigenvalue weighted by Crippen LogP contribution is -2.20. The Morgan fingerprint density at radius 3 is 2.84 bits per heavy atom. The van der Waals surface area contributed by atoms with Gasteiger partial charge in [-0.1, -0.05) is 23.2 Å². The Hall–Kier alpha value is -2.87. The van der Waals surface area contributed by atoms with E-state index in [9.17, 15) is 9.59 Å². The zero-order valence-corrected chi connectivity index (χ0v) is 18.9. The summed E-state index contributed by atoms with van der Waals surface area (Å²) in [4.78, 5) is 28.9. The van der Waals surface area contributed by atoms with Gasteiger partial charge in [0, 0.05) is 33.0 Å². The molecule has 162 valence electrons. The molecule has 1 aliphatic rings. The van der Waals surface area contributed by atoms with Crippen LogP contribution in [0.4, 0.5) is 5.13 Å². The van der Waals surface area contributed by atoms with Crippen molar-refractivity contribution in [3.8, 4) is 17.0 Å². The molecule has 32 heavy (non-hydrogen) atoms. The predicted molar refractivity (Wildman–Crippen MR) is 126 cm³/mol. The molecule has 0 spiro atoms. The van der Waals surface area contributed by atoms with Crippen LogP contribution in [0.15, 0.2) is 51.0 Å². The number of rotatable bonds is 5. The van der Waals surface area contributed by atoms with Crippen LogP contribution in [-0.4, -0.2) is 17.5 Å². The van der Waals surface area contributed by atoms with Crippen LogP contribution in [0.5, 0.6) is 5.75 Å². The number of ether oxygens (including phenoxy) is 1. The van der Waals surface area contributed by atoms with E-state index < -0.39 is 0 Å².